The number of hydrogen-bond donors (Lipinski definition) is 1. The van der Waals surface area contributed by atoms with Gasteiger partial charge in [-0.2, -0.15) is 0 Å². The average Bonchev–Trinajstić information content (AvgIpc) is 3.52. The standard InChI is InChI=1S/C41H37N3O6/c1-41-32(38(47)44(40(41)49)26-8-3-2-4-9-26)23-31-29(36(41)35-28-10-6-5-7-24(28)11-18-33(35)45)16-17-30-34(31)39(48)43(37(30)46)27-14-12-25(13-15-27)42-19-21-50-22-20-42/h2-16,18,30-32,34,36,45H,17,19-23H2,1H3. The van der Waals surface area contributed by atoms with Crippen molar-refractivity contribution in [2.24, 2.45) is 29.1 Å². The maximum absolute atomic E-state index is 14.8. The van der Waals surface area contributed by atoms with Gasteiger partial charge in [-0.15, -0.1) is 0 Å². The molecule has 0 bridgehead atoms. The zero-order valence-electron chi connectivity index (χ0n) is 27.7. The van der Waals surface area contributed by atoms with Crippen molar-refractivity contribution in [3.63, 3.8) is 0 Å². The van der Waals surface area contributed by atoms with Crippen LogP contribution in [-0.4, -0.2) is 55.0 Å². The van der Waals surface area contributed by atoms with Crippen molar-refractivity contribution < 1.29 is 29.0 Å². The average molecular weight is 668 g/mol. The topological polar surface area (TPSA) is 107 Å². The van der Waals surface area contributed by atoms with Crippen LogP contribution in [0.25, 0.3) is 10.8 Å². The molecule has 3 heterocycles. The van der Waals surface area contributed by atoms with Crippen LogP contribution in [0, 0.1) is 29.1 Å². The Bertz CT molecular complexity index is 2110. The number of anilines is 3. The van der Waals surface area contributed by atoms with Crippen molar-refractivity contribution in [1.29, 1.82) is 0 Å². The van der Waals surface area contributed by atoms with E-state index in [0.717, 1.165) is 35.1 Å². The Labute approximate surface area is 289 Å². The summed E-state index contributed by atoms with van der Waals surface area (Å²) >= 11 is 0. The van der Waals surface area contributed by atoms with E-state index in [1.807, 2.05) is 73.7 Å². The normalized spacial score (nSPS) is 29.3. The first-order valence-electron chi connectivity index (χ1n) is 17.4. The van der Waals surface area contributed by atoms with Gasteiger partial charge in [-0.25, -0.2) is 4.90 Å². The van der Waals surface area contributed by atoms with Crippen LogP contribution in [0.2, 0.25) is 0 Å². The largest absolute Gasteiger partial charge is 0.508 e. The number of morpholine rings is 1. The number of fused-ring (bicyclic) bond motifs is 5. The molecule has 4 fully saturated rings. The predicted molar refractivity (Wildman–Crippen MR) is 189 cm³/mol. The lowest BCUT2D eigenvalue weighted by Crippen LogP contribution is -2.49. The van der Waals surface area contributed by atoms with E-state index < -0.39 is 35.0 Å². The molecule has 0 spiro atoms. The highest BCUT2D eigenvalue weighted by Crippen LogP contribution is 2.65. The van der Waals surface area contributed by atoms with Gasteiger partial charge in [0, 0.05) is 30.3 Å². The van der Waals surface area contributed by atoms with Crippen molar-refractivity contribution in [2.75, 3.05) is 41.0 Å². The smallest absolute Gasteiger partial charge is 0.241 e. The summed E-state index contributed by atoms with van der Waals surface area (Å²) in [5.74, 6) is -4.36. The molecule has 9 nitrogen and oxygen atoms in total. The summed E-state index contributed by atoms with van der Waals surface area (Å²) in [5.41, 5.74) is 2.21. The van der Waals surface area contributed by atoms with E-state index in [1.54, 1.807) is 30.3 Å². The van der Waals surface area contributed by atoms with Crippen LogP contribution in [0.1, 0.15) is 31.2 Å². The molecule has 6 unspecified atom stereocenters. The highest BCUT2D eigenvalue weighted by Gasteiger charge is 2.68. The van der Waals surface area contributed by atoms with E-state index >= 15 is 0 Å². The lowest BCUT2D eigenvalue weighted by atomic mass is 9.51. The predicted octanol–water partition coefficient (Wildman–Crippen LogP) is 5.82. The number of phenols is 1. The second-order valence-electron chi connectivity index (χ2n) is 14.3. The zero-order valence-corrected chi connectivity index (χ0v) is 27.7. The zero-order chi connectivity index (χ0) is 34.3. The fourth-order valence-electron chi connectivity index (χ4n) is 9.62. The molecular weight excluding hydrogens is 630 g/mol. The third-order valence-corrected chi connectivity index (χ3v) is 12.0. The Morgan fingerprint density at radius 3 is 2.16 bits per heavy atom. The van der Waals surface area contributed by atoms with Gasteiger partial charge in [-0.05, 0) is 78.9 Å². The quantitative estimate of drug-likeness (QED) is 0.216. The van der Waals surface area contributed by atoms with Crippen LogP contribution in [0.4, 0.5) is 17.1 Å². The lowest BCUT2D eigenvalue weighted by molar-refractivity contribution is -0.131. The van der Waals surface area contributed by atoms with Gasteiger partial charge < -0.3 is 14.7 Å². The highest BCUT2D eigenvalue weighted by molar-refractivity contribution is 6.25. The third kappa shape index (κ3) is 4.29. The molecule has 4 amide bonds. The third-order valence-electron chi connectivity index (χ3n) is 12.0. The minimum Gasteiger partial charge on any atom is -0.508 e. The summed E-state index contributed by atoms with van der Waals surface area (Å²) in [6.07, 6.45) is 2.61. The molecule has 3 saturated heterocycles. The van der Waals surface area contributed by atoms with Crippen LogP contribution < -0.4 is 14.7 Å². The van der Waals surface area contributed by atoms with Crippen LogP contribution in [-0.2, 0) is 23.9 Å². The lowest BCUT2D eigenvalue weighted by Gasteiger charge is -2.49. The summed E-state index contributed by atoms with van der Waals surface area (Å²) in [5, 5.41) is 13.3. The summed E-state index contributed by atoms with van der Waals surface area (Å²) in [4.78, 5) is 62.8. The number of carbonyl (C=O) groups excluding carboxylic acids is 4. The number of aromatic hydroxyl groups is 1. The van der Waals surface area contributed by atoms with E-state index in [0.29, 0.717) is 36.6 Å². The second kappa shape index (κ2) is 11.4. The summed E-state index contributed by atoms with van der Waals surface area (Å²) < 4.78 is 5.49. The molecular formula is C41H37N3O6. The van der Waals surface area contributed by atoms with Gasteiger partial charge in [0.25, 0.3) is 0 Å². The molecule has 4 aromatic carbocycles. The SMILES string of the molecule is CC12C(=O)N(c3ccccc3)C(=O)C1CC1C(=CCC3C(=O)N(c4ccc(N5CCOCC5)cc4)C(=O)C31)C2c1c(O)ccc2ccccc12. The minimum atomic E-state index is -1.25. The first-order chi connectivity index (χ1) is 24.3. The molecule has 0 aromatic heterocycles. The van der Waals surface area contributed by atoms with Gasteiger partial charge in [0.2, 0.25) is 23.6 Å². The van der Waals surface area contributed by atoms with Crippen molar-refractivity contribution in [1.82, 2.24) is 0 Å². The van der Waals surface area contributed by atoms with E-state index in [9.17, 15) is 24.3 Å². The maximum Gasteiger partial charge on any atom is 0.241 e. The Morgan fingerprint density at radius 2 is 1.40 bits per heavy atom. The molecule has 0 radical (unpaired) electrons. The first kappa shape index (κ1) is 30.8. The van der Waals surface area contributed by atoms with E-state index in [2.05, 4.69) is 4.90 Å². The summed E-state index contributed by atoms with van der Waals surface area (Å²) in [7, 11) is 0. The van der Waals surface area contributed by atoms with Crippen LogP contribution >= 0.6 is 0 Å². The number of rotatable bonds is 4. The summed E-state index contributed by atoms with van der Waals surface area (Å²) in [6.45, 7) is 4.70. The Hall–Kier alpha value is -5.28. The molecule has 3 aliphatic heterocycles. The van der Waals surface area contributed by atoms with E-state index in [4.69, 9.17) is 4.74 Å². The first-order valence-corrected chi connectivity index (χ1v) is 17.4. The van der Waals surface area contributed by atoms with Gasteiger partial charge in [0.1, 0.15) is 5.75 Å². The number of amides is 4. The van der Waals surface area contributed by atoms with Crippen molar-refractivity contribution in [2.45, 2.75) is 25.7 Å². The van der Waals surface area contributed by atoms with Crippen LogP contribution in [0.3, 0.4) is 0 Å². The minimum absolute atomic E-state index is 0.0339. The Kier molecular flexibility index (Phi) is 7.00. The molecule has 4 aromatic rings. The highest BCUT2D eigenvalue weighted by atomic mass is 16.5. The van der Waals surface area contributed by atoms with Gasteiger partial charge in [-0.1, -0.05) is 60.2 Å². The molecule has 2 aliphatic carbocycles. The molecule has 9 heteroatoms. The monoisotopic (exact) mass is 667 g/mol. The molecule has 5 aliphatic rings. The van der Waals surface area contributed by atoms with Crippen molar-refractivity contribution >= 4 is 51.5 Å². The fraction of sp³-hybridized carbons (Fsp3) is 0.317. The molecule has 9 rings (SSSR count). The molecule has 1 N–H and O–H groups in total. The van der Waals surface area contributed by atoms with Gasteiger partial charge in [-0.3, -0.25) is 24.1 Å². The fourth-order valence-corrected chi connectivity index (χ4v) is 9.62. The number of allylic oxidation sites excluding steroid dienone is 2. The molecule has 50 heavy (non-hydrogen) atoms. The summed E-state index contributed by atoms with van der Waals surface area (Å²) in [6, 6.07) is 27.7. The number of ether oxygens (including phenoxy) is 1. The van der Waals surface area contributed by atoms with Crippen LogP contribution in [0.5, 0.6) is 5.75 Å². The van der Waals surface area contributed by atoms with E-state index in [1.165, 1.54) is 9.80 Å². The number of phenolic OH excluding ortho intramolecular Hbond substituents is 1. The van der Waals surface area contributed by atoms with E-state index in [-0.39, 0.29) is 35.8 Å². The van der Waals surface area contributed by atoms with Gasteiger partial charge in [0.15, 0.2) is 0 Å². The van der Waals surface area contributed by atoms with Crippen molar-refractivity contribution in [3.05, 3.63) is 108 Å². The van der Waals surface area contributed by atoms with Gasteiger partial charge >= 0.3 is 0 Å². The number of hydrogen-bond acceptors (Lipinski definition) is 7. The molecule has 6 atom stereocenters. The number of para-hydroxylation sites is 1. The van der Waals surface area contributed by atoms with Crippen LogP contribution in [0.15, 0.2) is 103 Å². The van der Waals surface area contributed by atoms with Crippen molar-refractivity contribution in [3.8, 4) is 5.75 Å². The maximum atomic E-state index is 14.8. The Morgan fingerprint density at radius 1 is 0.720 bits per heavy atom. The number of nitrogens with zero attached hydrogens (tertiary/aromatic N) is 3. The number of imide groups is 2. The molecule has 1 saturated carbocycles. The van der Waals surface area contributed by atoms with Gasteiger partial charge in [0.05, 0.1) is 47.8 Å². The number of carbonyl (C=O) groups is 4. The number of benzene rings is 4. The Balaban J connectivity index is 1.15. The second-order valence-corrected chi connectivity index (χ2v) is 14.3. The molecule has 252 valence electrons.